The van der Waals surface area contributed by atoms with E-state index >= 15 is 0 Å². The van der Waals surface area contributed by atoms with Crippen LogP contribution in [0.1, 0.15) is 46.5 Å². The van der Waals surface area contributed by atoms with E-state index in [4.69, 9.17) is 0 Å². The molecule has 2 aliphatic rings. The summed E-state index contributed by atoms with van der Waals surface area (Å²) in [4.78, 5) is 28.7. The van der Waals surface area contributed by atoms with Crippen molar-refractivity contribution in [2.75, 3.05) is 18.4 Å². The van der Waals surface area contributed by atoms with Crippen LogP contribution < -0.4 is 5.32 Å². The van der Waals surface area contributed by atoms with Gasteiger partial charge in [-0.05, 0) is 56.2 Å². The summed E-state index contributed by atoms with van der Waals surface area (Å²) < 4.78 is 0. The van der Waals surface area contributed by atoms with Crippen LogP contribution in [0, 0.1) is 5.92 Å². The van der Waals surface area contributed by atoms with Crippen molar-refractivity contribution in [3.63, 3.8) is 0 Å². The third kappa shape index (κ3) is 3.54. The molecule has 1 saturated heterocycles. The molecule has 2 heterocycles. The van der Waals surface area contributed by atoms with Crippen LogP contribution in [-0.4, -0.2) is 29.8 Å². The molecule has 1 aliphatic heterocycles. The Morgan fingerprint density at radius 1 is 1.04 bits per heavy atom. The highest BCUT2D eigenvalue weighted by Gasteiger charge is 2.30. The first-order valence-electron chi connectivity index (χ1n) is 9.47. The van der Waals surface area contributed by atoms with E-state index in [1.54, 1.807) is 11.3 Å². The molecule has 0 unspecified atom stereocenters. The quantitative estimate of drug-likeness (QED) is 0.886. The summed E-state index contributed by atoms with van der Waals surface area (Å²) in [5.74, 6) is 0.207. The van der Waals surface area contributed by atoms with Crippen LogP contribution >= 0.6 is 11.3 Å². The van der Waals surface area contributed by atoms with Crippen molar-refractivity contribution in [2.24, 2.45) is 5.92 Å². The van der Waals surface area contributed by atoms with Crippen LogP contribution in [0.15, 0.2) is 35.7 Å². The number of hydrogen-bond acceptors (Lipinski definition) is 3. The van der Waals surface area contributed by atoms with E-state index in [-0.39, 0.29) is 17.7 Å². The van der Waals surface area contributed by atoms with Gasteiger partial charge in [0.15, 0.2) is 0 Å². The van der Waals surface area contributed by atoms with Gasteiger partial charge in [-0.1, -0.05) is 18.2 Å². The van der Waals surface area contributed by atoms with Gasteiger partial charge >= 0.3 is 0 Å². The number of benzene rings is 1. The second-order valence-corrected chi connectivity index (χ2v) is 8.14. The first-order chi connectivity index (χ1) is 12.7. The summed E-state index contributed by atoms with van der Waals surface area (Å²) in [7, 11) is 0. The van der Waals surface area contributed by atoms with Gasteiger partial charge in [-0.3, -0.25) is 9.59 Å². The molecule has 4 rings (SSSR count). The number of nitrogens with zero attached hydrogens (tertiary/aromatic N) is 1. The topological polar surface area (TPSA) is 49.4 Å². The van der Waals surface area contributed by atoms with Gasteiger partial charge in [0.25, 0.3) is 5.91 Å². The van der Waals surface area contributed by atoms with E-state index in [0.717, 1.165) is 36.9 Å². The number of thiophene rings is 1. The molecule has 0 saturated carbocycles. The number of carbonyl (C=O) groups is 2. The molecule has 1 aromatic heterocycles. The number of nitrogens with one attached hydrogen (secondary N) is 1. The Morgan fingerprint density at radius 3 is 2.54 bits per heavy atom. The lowest BCUT2D eigenvalue weighted by Crippen LogP contribution is -2.41. The van der Waals surface area contributed by atoms with Crippen LogP contribution in [-0.2, 0) is 17.6 Å². The minimum Gasteiger partial charge on any atom is -0.339 e. The zero-order valence-electron chi connectivity index (χ0n) is 14.9. The lowest BCUT2D eigenvalue weighted by atomic mass is 9.93. The molecule has 1 aliphatic carbocycles. The highest BCUT2D eigenvalue weighted by atomic mass is 32.1. The number of carbonyl (C=O) groups excluding carboxylic acids is 2. The van der Waals surface area contributed by atoms with Crippen LogP contribution in [0.4, 0.5) is 5.69 Å². The Kier molecular flexibility index (Phi) is 5.07. The number of amides is 2. The van der Waals surface area contributed by atoms with Crippen molar-refractivity contribution in [2.45, 2.75) is 38.5 Å². The lowest BCUT2D eigenvalue weighted by molar-refractivity contribution is -0.121. The number of para-hydroxylation sites is 1. The highest BCUT2D eigenvalue weighted by Crippen LogP contribution is 2.31. The molecule has 0 radical (unpaired) electrons. The molecule has 0 spiro atoms. The molecular weight excluding hydrogens is 344 g/mol. The van der Waals surface area contributed by atoms with Crippen molar-refractivity contribution >= 4 is 28.8 Å². The first kappa shape index (κ1) is 17.3. The normalized spacial score (nSPS) is 17.6. The van der Waals surface area contributed by atoms with Gasteiger partial charge in [0.1, 0.15) is 0 Å². The van der Waals surface area contributed by atoms with Crippen molar-refractivity contribution < 1.29 is 9.59 Å². The molecule has 136 valence electrons. The van der Waals surface area contributed by atoms with E-state index in [1.165, 1.54) is 23.3 Å². The van der Waals surface area contributed by atoms with Crippen LogP contribution in [0.25, 0.3) is 0 Å². The molecule has 1 aromatic carbocycles. The standard InChI is InChI=1S/C21H24N2O2S/c24-20(22-16-6-2-1-3-7-16)15-10-12-23(13-11-15)21(25)18-14-26-19-9-5-4-8-17(18)19/h1-3,6-7,14-15H,4-5,8-13H2,(H,22,24). The second-order valence-electron chi connectivity index (χ2n) is 7.18. The first-order valence-corrected chi connectivity index (χ1v) is 10.3. The molecule has 5 heteroatoms. The second kappa shape index (κ2) is 7.62. The summed E-state index contributed by atoms with van der Waals surface area (Å²) >= 11 is 1.74. The van der Waals surface area contributed by atoms with E-state index in [0.29, 0.717) is 13.1 Å². The zero-order chi connectivity index (χ0) is 17.9. The Morgan fingerprint density at radius 2 is 1.77 bits per heavy atom. The van der Waals surface area contributed by atoms with Crippen molar-refractivity contribution in [1.29, 1.82) is 0 Å². The monoisotopic (exact) mass is 368 g/mol. The summed E-state index contributed by atoms with van der Waals surface area (Å²) in [5, 5.41) is 5.03. The molecule has 2 amide bonds. The molecule has 1 N–H and O–H groups in total. The summed E-state index contributed by atoms with van der Waals surface area (Å²) in [6.45, 7) is 1.33. The largest absolute Gasteiger partial charge is 0.339 e. The summed E-state index contributed by atoms with van der Waals surface area (Å²) in [5.41, 5.74) is 3.04. The predicted octanol–water partition coefficient (Wildman–Crippen LogP) is 4.12. The maximum Gasteiger partial charge on any atom is 0.254 e. The maximum absolute atomic E-state index is 12.9. The molecule has 1 fully saturated rings. The van der Waals surface area contributed by atoms with Gasteiger partial charge in [-0.25, -0.2) is 0 Å². The minimum atomic E-state index is -0.0179. The number of fused-ring (bicyclic) bond motifs is 1. The smallest absolute Gasteiger partial charge is 0.254 e. The van der Waals surface area contributed by atoms with Gasteiger partial charge < -0.3 is 10.2 Å². The third-order valence-electron chi connectivity index (χ3n) is 5.49. The zero-order valence-corrected chi connectivity index (χ0v) is 15.7. The number of aryl methyl sites for hydroxylation is 1. The fraction of sp³-hybridized carbons (Fsp3) is 0.429. The molecule has 0 atom stereocenters. The van der Waals surface area contributed by atoms with Crippen molar-refractivity contribution in [3.8, 4) is 0 Å². The highest BCUT2D eigenvalue weighted by molar-refractivity contribution is 7.10. The SMILES string of the molecule is O=C(Nc1ccccc1)C1CCN(C(=O)c2csc3c2CCCC3)CC1. The fourth-order valence-electron chi connectivity index (χ4n) is 3.95. The van der Waals surface area contributed by atoms with Gasteiger partial charge in [-0.15, -0.1) is 11.3 Å². The third-order valence-corrected chi connectivity index (χ3v) is 6.57. The van der Waals surface area contributed by atoms with E-state index in [9.17, 15) is 9.59 Å². The molecule has 4 nitrogen and oxygen atoms in total. The number of hydrogen-bond donors (Lipinski definition) is 1. The molecule has 2 aromatic rings. The number of piperidine rings is 1. The van der Waals surface area contributed by atoms with Crippen molar-refractivity contribution in [1.82, 2.24) is 4.90 Å². The summed E-state index contributed by atoms with van der Waals surface area (Å²) in [6.07, 6.45) is 6.05. The maximum atomic E-state index is 12.9. The van der Waals surface area contributed by atoms with Gasteiger partial charge in [0.05, 0.1) is 5.56 Å². The van der Waals surface area contributed by atoms with Crippen LogP contribution in [0.5, 0.6) is 0 Å². The van der Waals surface area contributed by atoms with Crippen LogP contribution in [0.2, 0.25) is 0 Å². The van der Waals surface area contributed by atoms with E-state index < -0.39 is 0 Å². The Balaban J connectivity index is 1.35. The average Bonchev–Trinajstić information content (AvgIpc) is 3.12. The van der Waals surface area contributed by atoms with E-state index in [1.807, 2.05) is 40.6 Å². The summed E-state index contributed by atoms with van der Waals surface area (Å²) in [6, 6.07) is 9.56. The Labute approximate surface area is 158 Å². The lowest BCUT2D eigenvalue weighted by Gasteiger charge is -2.31. The Bertz CT molecular complexity index is 792. The van der Waals surface area contributed by atoms with Crippen molar-refractivity contribution in [3.05, 3.63) is 51.7 Å². The van der Waals surface area contributed by atoms with E-state index in [2.05, 4.69) is 5.32 Å². The molecule has 26 heavy (non-hydrogen) atoms. The number of rotatable bonds is 3. The minimum absolute atomic E-state index is 0.0179. The number of anilines is 1. The van der Waals surface area contributed by atoms with Gasteiger partial charge in [-0.2, -0.15) is 0 Å². The van der Waals surface area contributed by atoms with Gasteiger partial charge in [0, 0.05) is 35.0 Å². The number of likely N-dealkylation sites (tertiary alicyclic amines) is 1. The van der Waals surface area contributed by atoms with Gasteiger partial charge in [0.2, 0.25) is 5.91 Å². The molecular formula is C21H24N2O2S. The fourth-order valence-corrected chi connectivity index (χ4v) is 5.07. The Hall–Kier alpha value is -2.14. The molecule has 0 bridgehead atoms. The average molecular weight is 369 g/mol. The predicted molar refractivity (Wildman–Crippen MR) is 105 cm³/mol. The van der Waals surface area contributed by atoms with Crippen LogP contribution in [0.3, 0.4) is 0 Å².